The molecule has 0 N–H and O–H groups in total. The van der Waals surface area contributed by atoms with E-state index in [1.54, 1.807) is 11.3 Å². The van der Waals surface area contributed by atoms with E-state index < -0.39 is 0 Å². The number of nitrogens with zero attached hydrogens (tertiary/aromatic N) is 2. The highest BCUT2D eigenvalue weighted by atomic mass is 32.1. The summed E-state index contributed by atoms with van der Waals surface area (Å²) in [6, 6.07) is 4.02. The molecule has 0 radical (unpaired) electrons. The minimum atomic E-state index is -0.360. The van der Waals surface area contributed by atoms with Gasteiger partial charge in [0.05, 0.1) is 16.3 Å². The number of carbonyl (C=O) groups is 1. The Morgan fingerprint density at radius 1 is 1.47 bits per heavy atom. The molecule has 1 aliphatic heterocycles. The normalized spacial score (nSPS) is 17.2. The molecule has 0 bridgehead atoms. The summed E-state index contributed by atoms with van der Waals surface area (Å²) in [6.45, 7) is 1.95. The molecular weight excluding hydrogens is 236 g/mol. The van der Waals surface area contributed by atoms with E-state index >= 15 is 0 Å². The summed E-state index contributed by atoms with van der Waals surface area (Å²) in [5, 5.41) is 4.90. The van der Waals surface area contributed by atoms with Crippen LogP contribution in [-0.2, 0) is 9.63 Å². The van der Waals surface area contributed by atoms with Crippen LogP contribution in [0.1, 0.15) is 18.2 Å². The molecule has 5 heteroatoms. The third-order valence-electron chi connectivity index (χ3n) is 2.44. The Morgan fingerprint density at radius 2 is 2.24 bits per heavy atom. The summed E-state index contributed by atoms with van der Waals surface area (Å²) in [6.07, 6.45) is 2.54. The average Bonchev–Trinajstić information content (AvgIpc) is 2.88. The Labute approximate surface area is 104 Å². The van der Waals surface area contributed by atoms with Crippen molar-refractivity contribution in [2.45, 2.75) is 13.3 Å². The highest BCUT2D eigenvalue weighted by Gasteiger charge is 2.24. The number of hydrogen-bond acceptors (Lipinski definition) is 5. The van der Waals surface area contributed by atoms with E-state index in [-0.39, 0.29) is 5.97 Å². The van der Waals surface area contributed by atoms with E-state index in [1.165, 1.54) is 0 Å². The molecule has 90 valence electrons. The molecule has 0 aromatic carbocycles. The highest BCUT2D eigenvalue weighted by Crippen LogP contribution is 2.27. The van der Waals surface area contributed by atoms with Gasteiger partial charge in [0.1, 0.15) is 0 Å². The predicted octanol–water partition coefficient (Wildman–Crippen LogP) is 2.52. The molecule has 1 aromatic rings. The van der Waals surface area contributed by atoms with Crippen LogP contribution in [0.2, 0.25) is 0 Å². The van der Waals surface area contributed by atoms with Crippen molar-refractivity contribution in [2.75, 3.05) is 19.0 Å². The van der Waals surface area contributed by atoms with Crippen molar-refractivity contribution in [3.8, 4) is 0 Å². The van der Waals surface area contributed by atoms with Gasteiger partial charge >= 0.3 is 5.97 Å². The number of rotatable bonds is 3. The summed E-state index contributed by atoms with van der Waals surface area (Å²) in [5.74, 6) is -0.360. The van der Waals surface area contributed by atoms with Gasteiger partial charge in [0.15, 0.2) is 0 Å². The Bertz CT molecular complexity index is 500. The van der Waals surface area contributed by atoms with Crippen molar-refractivity contribution < 1.29 is 9.63 Å². The number of carbonyl (C=O) groups excluding carboxylic acids is 1. The molecule has 1 aliphatic rings. The minimum Gasteiger partial charge on any atom is -0.370 e. The number of thiophene rings is 1. The van der Waals surface area contributed by atoms with Gasteiger partial charge in [0.2, 0.25) is 0 Å². The van der Waals surface area contributed by atoms with Crippen molar-refractivity contribution in [3.05, 3.63) is 22.6 Å². The zero-order valence-corrected chi connectivity index (χ0v) is 10.9. The monoisotopic (exact) mass is 250 g/mol. The van der Waals surface area contributed by atoms with E-state index in [0.29, 0.717) is 12.0 Å². The summed E-state index contributed by atoms with van der Waals surface area (Å²) >= 11 is 1.63. The second-order valence-electron chi connectivity index (χ2n) is 3.90. The largest absolute Gasteiger partial charge is 0.370 e. The smallest absolute Gasteiger partial charge is 0.367 e. The topological polar surface area (TPSA) is 41.9 Å². The fraction of sp³-hybridized carbons (Fsp3) is 0.333. The van der Waals surface area contributed by atoms with Crippen LogP contribution in [0.4, 0.5) is 5.00 Å². The first-order chi connectivity index (χ1) is 8.11. The second-order valence-corrected chi connectivity index (χ2v) is 4.99. The number of anilines is 1. The SMILES string of the molecule is CCC1=NOC(=O)/C1=C\c1ccc(N(C)C)s1. The molecule has 0 aliphatic carbocycles. The van der Waals surface area contributed by atoms with E-state index in [2.05, 4.69) is 9.99 Å². The van der Waals surface area contributed by atoms with Crippen LogP contribution >= 0.6 is 11.3 Å². The lowest BCUT2D eigenvalue weighted by Crippen LogP contribution is -2.05. The van der Waals surface area contributed by atoms with Crippen molar-refractivity contribution in [3.63, 3.8) is 0 Å². The van der Waals surface area contributed by atoms with Crippen molar-refractivity contribution in [1.29, 1.82) is 0 Å². The highest BCUT2D eigenvalue weighted by molar-refractivity contribution is 7.17. The van der Waals surface area contributed by atoms with Crippen LogP contribution in [-0.4, -0.2) is 25.8 Å². The maximum Gasteiger partial charge on any atom is 0.367 e. The first kappa shape index (κ1) is 11.9. The average molecular weight is 250 g/mol. The molecule has 2 heterocycles. The third kappa shape index (κ3) is 2.39. The van der Waals surface area contributed by atoms with Gasteiger partial charge in [-0.15, -0.1) is 11.3 Å². The molecule has 0 amide bonds. The molecule has 17 heavy (non-hydrogen) atoms. The van der Waals surface area contributed by atoms with Crippen LogP contribution in [0.3, 0.4) is 0 Å². The molecule has 1 aromatic heterocycles. The first-order valence-corrected chi connectivity index (χ1v) is 6.21. The van der Waals surface area contributed by atoms with E-state index in [1.807, 2.05) is 44.1 Å². The van der Waals surface area contributed by atoms with Gasteiger partial charge in [-0.25, -0.2) is 4.79 Å². The van der Waals surface area contributed by atoms with Gasteiger partial charge in [-0.3, -0.25) is 0 Å². The molecule has 0 saturated heterocycles. The van der Waals surface area contributed by atoms with Crippen LogP contribution in [0.25, 0.3) is 6.08 Å². The summed E-state index contributed by atoms with van der Waals surface area (Å²) in [4.78, 5) is 19.2. The summed E-state index contributed by atoms with van der Waals surface area (Å²) in [5.41, 5.74) is 1.29. The fourth-order valence-electron chi connectivity index (χ4n) is 1.51. The Morgan fingerprint density at radius 3 is 2.82 bits per heavy atom. The molecule has 4 nitrogen and oxygen atoms in total. The number of oxime groups is 1. The zero-order chi connectivity index (χ0) is 12.4. The summed E-state index contributed by atoms with van der Waals surface area (Å²) in [7, 11) is 3.98. The predicted molar refractivity (Wildman–Crippen MR) is 70.4 cm³/mol. The maximum absolute atomic E-state index is 11.5. The molecular formula is C12H14N2O2S. The lowest BCUT2D eigenvalue weighted by molar-refractivity contribution is -0.136. The molecule has 2 rings (SSSR count). The van der Waals surface area contributed by atoms with Gasteiger partial charge in [-0.2, -0.15) is 0 Å². The van der Waals surface area contributed by atoms with Gasteiger partial charge in [-0.05, 0) is 24.6 Å². The standard InChI is InChI=1S/C12H14N2O2S/c1-4-10-9(12(15)16-13-10)7-8-5-6-11(17-8)14(2)3/h5-7H,4H2,1-3H3/b9-7-. The van der Waals surface area contributed by atoms with Crippen molar-refractivity contribution in [2.24, 2.45) is 5.16 Å². The zero-order valence-electron chi connectivity index (χ0n) is 10.1. The van der Waals surface area contributed by atoms with E-state index in [9.17, 15) is 4.79 Å². The van der Waals surface area contributed by atoms with Crippen molar-refractivity contribution >= 4 is 34.1 Å². The first-order valence-electron chi connectivity index (χ1n) is 5.39. The lowest BCUT2D eigenvalue weighted by atomic mass is 10.1. The Kier molecular flexibility index (Phi) is 3.28. The quantitative estimate of drug-likeness (QED) is 0.611. The minimum absolute atomic E-state index is 0.360. The summed E-state index contributed by atoms with van der Waals surface area (Å²) < 4.78 is 0. The van der Waals surface area contributed by atoms with Gasteiger partial charge < -0.3 is 9.74 Å². The Balaban J connectivity index is 2.28. The second kappa shape index (κ2) is 4.71. The van der Waals surface area contributed by atoms with Crippen LogP contribution < -0.4 is 4.90 Å². The van der Waals surface area contributed by atoms with Gasteiger partial charge in [0, 0.05) is 19.0 Å². The molecule has 0 fully saturated rings. The molecule has 0 atom stereocenters. The maximum atomic E-state index is 11.5. The van der Waals surface area contributed by atoms with E-state index in [0.717, 1.165) is 15.6 Å². The van der Waals surface area contributed by atoms with Crippen LogP contribution in [0, 0.1) is 0 Å². The number of hydrogen-bond donors (Lipinski definition) is 0. The van der Waals surface area contributed by atoms with Crippen LogP contribution in [0.15, 0.2) is 22.9 Å². The van der Waals surface area contributed by atoms with Crippen molar-refractivity contribution in [1.82, 2.24) is 0 Å². The van der Waals surface area contributed by atoms with E-state index in [4.69, 9.17) is 0 Å². The van der Waals surface area contributed by atoms with Crippen LogP contribution in [0.5, 0.6) is 0 Å². The van der Waals surface area contributed by atoms with Gasteiger partial charge in [0.25, 0.3) is 0 Å². The lowest BCUT2D eigenvalue weighted by Gasteiger charge is -2.06. The molecule has 0 saturated carbocycles. The Hall–Kier alpha value is -1.62. The third-order valence-corrected chi connectivity index (χ3v) is 3.64. The fourth-order valence-corrected chi connectivity index (χ4v) is 2.39. The van der Waals surface area contributed by atoms with Gasteiger partial charge in [-0.1, -0.05) is 12.1 Å². The molecule has 0 unspecified atom stereocenters. The molecule has 0 spiro atoms.